The molecule has 0 aromatic heterocycles. The standard InChI is InChI=1S/C11H10Cl2N2O5S/c12-8-1-2-9(15(17)18)10(4-8)14-5-7(3-11(14)16)6-21(13,19)20/h1-2,4,7H,3,5-6H2. The zero-order chi connectivity index (χ0) is 15.8. The first-order valence-corrected chi connectivity index (χ1v) is 8.69. The molecule has 1 atom stereocenters. The van der Waals surface area contributed by atoms with E-state index in [2.05, 4.69) is 0 Å². The number of amides is 1. The number of nitrogens with zero attached hydrogens (tertiary/aromatic N) is 2. The SMILES string of the molecule is O=C1CC(CS(=O)(=O)Cl)CN1c1cc(Cl)ccc1[N+](=O)[O-]. The number of anilines is 1. The third-order valence-electron chi connectivity index (χ3n) is 3.06. The van der Waals surface area contributed by atoms with Crippen molar-refractivity contribution in [2.24, 2.45) is 5.92 Å². The van der Waals surface area contributed by atoms with Crippen LogP contribution in [0.1, 0.15) is 6.42 Å². The van der Waals surface area contributed by atoms with Gasteiger partial charge in [-0.1, -0.05) is 11.6 Å². The van der Waals surface area contributed by atoms with Gasteiger partial charge in [-0.2, -0.15) is 0 Å². The second kappa shape index (κ2) is 5.78. The average Bonchev–Trinajstić information content (AvgIpc) is 2.66. The largest absolute Gasteiger partial charge is 0.306 e. The second-order valence-electron chi connectivity index (χ2n) is 4.67. The van der Waals surface area contributed by atoms with E-state index in [9.17, 15) is 23.3 Å². The van der Waals surface area contributed by atoms with Gasteiger partial charge in [0, 0.05) is 40.7 Å². The van der Waals surface area contributed by atoms with Crippen molar-refractivity contribution < 1.29 is 18.1 Å². The summed E-state index contributed by atoms with van der Waals surface area (Å²) in [5.74, 6) is -1.25. The molecule has 0 spiro atoms. The van der Waals surface area contributed by atoms with Crippen molar-refractivity contribution >= 4 is 48.6 Å². The van der Waals surface area contributed by atoms with E-state index in [1.807, 2.05) is 0 Å². The first kappa shape index (κ1) is 16.0. The lowest BCUT2D eigenvalue weighted by Gasteiger charge is -2.16. The Labute approximate surface area is 130 Å². The highest BCUT2D eigenvalue weighted by Crippen LogP contribution is 2.35. The van der Waals surface area contributed by atoms with Gasteiger partial charge in [0.1, 0.15) is 5.69 Å². The van der Waals surface area contributed by atoms with Crippen LogP contribution < -0.4 is 4.90 Å². The number of nitro groups is 1. The maximum Gasteiger partial charge on any atom is 0.293 e. The molecular weight excluding hydrogens is 343 g/mol. The summed E-state index contributed by atoms with van der Waals surface area (Å²) >= 11 is 5.81. The first-order valence-electron chi connectivity index (χ1n) is 5.84. The molecule has 0 radical (unpaired) electrons. The Kier molecular flexibility index (Phi) is 4.40. The van der Waals surface area contributed by atoms with Gasteiger partial charge in [0.05, 0.1) is 10.7 Å². The first-order chi connectivity index (χ1) is 9.67. The maximum absolute atomic E-state index is 12.0. The summed E-state index contributed by atoms with van der Waals surface area (Å²) in [7, 11) is 1.44. The highest BCUT2D eigenvalue weighted by Gasteiger charge is 2.36. The summed E-state index contributed by atoms with van der Waals surface area (Å²) in [5, 5.41) is 11.3. The van der Waals surface area contributed by atoms with Crippen LogP contribution in [0.4, 0.5) is 11.4 Å². The number of nitro benzene ring substituents is 1. The number of carbonyl (C=O) groups excluding carboxylic acids is 1. The predicted molar refractivity (Wildman–Crippen MR) is 78.2 cm³/mol. The molecule has 0 aliphatic carbocycles. The van der Waals surface area contributed by atoms with Gasteiger partial charge < -0.3 is 4.90 Å². The quantitative estimate of drug-likeness (QED) is 0.469. The number of carbonyl (C=O) groups is 1. The Morgan fingerprint density at radius 2 is 2.10 bits per heavy atom. The minimum Gasteiger partial charge on any atom is -0.306 e. The summed E-state index contributed by atoms with van der Waals surface area (Å²) in [6, 6.07) is 3.87. The fourth-order valence-corrected chi connectivity index (χ4v) is 3.76. The Balaban J connectivity index is 2.33. The van der Waals surface area contributed by atoms with Crippen molar-refractivity contribution in [3.05, 3.63) is 33.3 Å². The van der Waals surface area contributed by atoms with Crippen molar-refractivity contribution in [1.82, 2.24) is 0 Å². The molecule has 1 fully saturated rings. The lowest BCUT2D eigenvalue weighted by atomic mass is 10.1. The summed E-state index contributed by atoms with van der Waals surface area (Å²) in [6.07, 6.45) is -0.0321. The number of halogens is 2. The maximum atomic E-state index is 12.0. The van der Waals surface area contributed by atoms with E-state index < -0.39 is 25.8 Å². The topological polar surface area (TPSA) is 97.6 Å². The summed E-state index contributed by atoms with van der Waals surface area (Å²) in [6.45, 7) is 0.0476. The molecule has 1 aliphatic heterocycles. The molecule has 10 heteroatoms. The van der Waals surface area contributed by atoms with E-state index in [4.69, 9.17) is 22.3 Å². The van der Waals surface area contributed by atoms with E-state index >= 15 is 0 Å². The smallest absolute Gasteiger partial charge is 0.293 e. The molecular formula is C11H10Cl2N2O5S. The molecule has 1 aromatic rings. The Morgan fingerprint density at radius 1 is 1.43 bits per heavy atom. The van der Waals surface area contributed by atoms with Crippen molar-refractivity contribution in [3.63, 3.8) is 0 Å². The van der Waals surface area contributed by atoms with Gasteiger partial charge in [0.15, 0.2) is 0 Å². The zero-order valence-corrected chi connectivity index (χ0v) is 12.9. The summed E-state index contributed by atoms with van der Waals surface area (Å²) < 4.78 is 22.1. The van der Waals surface area contributed by atoms with Crippen LogP contribution in [0.2, 0.25) is 5.02 Å². The van der Waals surface area contributed by atoms with Crippen molar-refractivity contribution in [1.29, 1.82) is 0 Å². The summed E-state index contributed by atoms with van der Waals surface area (Å²) in [5.41, 5.74) is -0.200. The van der Waals surface area contributed by atoms with Crippen LogP contribution >= 0.6 is 22.3 Å². The van der Waals surface area contributed by atoms with Crippen molar-refractivity contribution in [2.45, 2.75) is 6.42 Å². The van der Waals surface area contributed by atoms with Crippen LogP contribution in [0, 0.1) is 16.0 Å². The fourth-order valence-electron chi connectivity index (χ4n) is 2.27. The van der Waals surface area contributed by atoms with Gasteiger partial charge >= 0.3 is 0 Å². The molecule has 1 unspecified atom stereocenters. The molecule has 0 saturated carbocycles. The lowest BCUT2D eigenvalue weighted by Crippen LogP contribution is -2.26. The second-order valence-corrected chi connectivity index (χ2v) is 7.93. The highest BCUT2D eigenvalue weighted by atomic mass is 35.7. The molecule has 1 amide bonds. The monoisotopic (exact) mass is 352 g/mol. The van der Waals surface area contributed by atoms with Crippen LogP contribution in [-0.4, -0.2) is 31.5 Å². The van der Waals surface area contributed by atoms with E-state index in [0.717, 1.165) is 0 Å². The Hall–Kier alpha value is -1.38. The fraction of sp³-hybridized carbons (Fsp3) is 0.364. The Morgan fingerprint density at radius 3 is 2.67 bits per heavy atom. The molecule has 0 N–H and O–H groups in total. The third-order valence-corrected chi connectivity index (χ3v) is 4.55. The van der Waals surface area contributed by atoms with Gasteiger partial charge in [0.2, 0.25) is 15.0 Å². The minimum atomic E-state index is -3.74. The molecule has 1 heterocycles. The highest BCUT2D eigenvalue weighted by molar-refractivity contribution is 8.13. The number of hydrogen-bond donors (Lipinski definition) is 0. The minimum absolute atomic E-state index is 0.0321. The van der Waals surface area contributed by atoms with E-state index in [-0.39, 0.29) is 35.1 Å². The number of rotatable bonds is 4. The molecule has 2 rings (SSSR count). The number of benzene rings is 1. The van der Waals surface area contributed by atoms with E-state index in [0.29, 0.717) is 0 Å². The van der Waals surface area contributed by atoms with Gasteiger partial charge in [-0.15, -0.1) is 0 Å². The van der Waals surface area contributed by atoms with E-state index in [1.54, 1.807) is 0 Å². The molecule has 114 valence electrons. The van der Waals surface area contributed by atoms with Crippen molar-refractivity contribution in [3.8, 4) is 0 Å². The third kappa shape index (κ3) is 3.84. The molecule has 1 saturated heterocycles. The number of hydrogen-bond acceptors (Lipinski definition) is 5. The van der Waals surface area contributed by atoms with Gasteiger partial charge in [0.25, 0.3) is 5.69 Å². The molecule has 0 bridgehead atoms. The average molecular weight is 353 g/mol. The van der Waals surface area contributed by atoms with Crippen LogP contribution in [-0.2, 0) is 13.8 Å². The zero-order valence-electron chi connectivity index (χ0n) is 10.5. The lowest BCUT2D eigenvalue weighted by molar-refractivity contribution is -0.384. The molecule has 7 nitrogen and oxygen atoms in total. The van der Waals surface area contributed by atoms with Crippen LogP contribution in [0.15, 0.2) is 18.2 Å². The molecule has 21 heavy (non-hydrogen) atoms. The Bertz CT molecular complexity index is 707. The van der Waals surface area contributed by atoms with Crippen LogP contribution in [0.5, 0.6) is 0 Å². The van der Waals surface area contributed by atoms with Crippen molar-refractivity contribution in [2.75, 3.05) is 17.2 Å². The molecule has 1 aliphatic rings. The summed E-state index contributed by atoms with van der Waals surface area (Å²) in [4.78, 5) is 23.6. The van der Waals surface area contributed by atoms with Gasteiger partial charge in [-0.25, -0.2) is 8.42 Å². The predicted octanol–water partition coefficient (Wildman–Crippen LogP) is 2.17. The van der Waals surface area contributed by atoms with Gasteiger partial charge in [-0.3, -0.25) is 14.9 Å². The van der Waals surface area contributed by atoms with E-state index in [1.165, 1.54) is 23.1 Å². The van der Waals surface area contributed by atoms with Crippen LogP contribution in [0.3, 0.4) is 0 Å². The van der Waals surface area contributed by atoms with Gasteiger partial charge in [-0.05, 0) is 12.1 Å². The van der Waals surface area contributed by atoms with Crippen LogP contribution in [0.25, 0.3) is 0 Å². The normalized spacial score (nSPS) is 19.0. The molecule has 1 aromatic carbocycles.